The average molecular weight is 284 g/mol. The van der Waals surface area contributed by atoms with Crippen LogP contribution in [-0.4, -0.2) is 36.1 Å². The lowest BCUT2D eigenvalue weighted by molar-refractivity contribution is -0.141. The first kappa shape index (κ1) is 11.6. The van der Waals surface area contributed by atoms with Crippen molar-refractivity contribution >= 4 is 21.9 Å². The third kappa shape index (κ3) is 2.28. The van der Waals surface area contributed by atoms with Crippen molar-refractivity contribution in [3.05, 3.63) is 34.3 Å². The second-order valence-electron chi connectivity index (χ2n) is 4.33. The number of hydrogen-bond donors (Lipinski definition) is 1. The molecule has 1 fully saturated rings. The third-order valence-electron chi connectivity index (χ3n) is 3.10. The van der Waals surface area contributed by atoms with Crippen molar-refractivity contribution in [3.8, 4) is 0 Å². The normalized spacial score (nSPS) is 25.9. The van der Waals surface area contributed by atoms with Crippen molar-refractivity contribution in [1.29, 1.82) is 0 Å². The van der Waals surface area contributed by atoms with Crippen LogP contribution in [0.25, 0.3) is 0 Å². The summed E-state index contributed by atoms with van der Waals surface area (Å²) < 4.78 is 1.00. The molecule has 2 unspecified atom stereocenters. The van der Waals surface area contributed by atoms with Crippen LogP contribution in [0.4, 0.5) is 0 Å². The number of hydrogen-bond acceptors (Lipinski definition) is 2. The van der Waals surface area contributed by atoms with Gasteiger partial charge in [-0.3, -0.25) is 4.79 Å². The number of carbonyl (C=O) groups is 1. The standard InChI is InChI=1S/C12H14BrNO2/c1-14-6-10(11(7-14)12(15)16)8-3-2-4-9(13)5-8/h2-5,10-11H,6-7H2,1H3,(H,15,16). The van der Waals surface area contributed by atoms with Gasteiger partial charge in [-0.05, 0) is 24.7 Å². The minimum absolute atomic E-state index is 0.0972. The molecule has 2 rings (SSSR count). The second-order valence-corrected chi connectivity index (χ2v) is 5.24. The molecule has 0 amide bonds. The van der Waals surface area contributed by atoms with Gasteiger partial charge in [0.2, 0.25) is 0 Å². The molecule has 16 heavy (non-hydrogen) atoms. The number of aliphatic carboxylic acids is 1. The van der Waals surface area contributed by atoms with Gasteiger partial charge >= 0.3 is 5.97 Å². The van der Waals surface area contributed by atoms with Crippen LogP contribution < -0.4 is 0 Å². The lowest BCUT2D eigenvalue weighted by Gasteiger charge is -2.15. The van der Waals surface area contributed by atoms with E-state index in [1.807, 2.05) is 31.3 Å². The minimum atomic E-state index is -0.700. The molecule has 3 nitrogen and oxygen atoms in total. The summed E-state index contributed by atoms with van der Waals surface area (Å²) in [5, 5.41) is 9.19. The molecule has 0 aliphatic carbocycles. The summed E-state index contributed by atoms with van der Waals surface area (Å²) >= 11 is 3.42. The lowest BCUT2D eigenvalue weighted by Crippen LogP contribution is -2.21. The Bertz CT molecular complexity index is 408. The highest BCUT2D eigenvalue weighted by Crippen LogP contribution is 2.33. The Balaban J connectivity index is 2.28. The Kier molecular flexibility index (Phi) is 3.30. The van der Waals surface area contributed by atoms with Gasteiger partial charge in [-0.1, -0.05) is 28.1 Å². The van der Waals surface area contributed by atoms with E-state index < -0.39 is 5.97 Å². The number of benzene rings is 1. The first-order chi connectivity index (χ1) is 7.58. The highest BCUT2D eigenvalue weighted by molar-refractivity contribution is 9.10. The van der Waals surface area contributed by atoms with Crippen LogP contribution in [0, 0.1) is 5.92 Å². The first-order valence-electron chi connectivity index (χ1n) is 5.24. The van der Waals surface area contributed by atoms with E-state index in [0.29, 0.717) is 6.54 Å². The number of likely N-dealkylation sites (tertiary alicyclic amines) is 1. The Morgan fingerprint density at radius 3 is 2.88 bits per heavy atom. The van der Waals surface area contributed by atoms with Crippen LogP contribution in [0.1, 0.15) is 11.5 Å². The van der Waals surface area contributed by atoms with Crippen LogP contribution in [0.3, 0.4) is 0 Å². The molecule has 0 saturated carbocycles. The van der Waals surface area contributed by atoms with E-state index in [2.05, 4.69) is 20.8 Å². The molecule has 1 aromatic rings. The Morgan fingerprint density at radius 2 is 2.25 bits per heavy atom. The molecule has 1 N–H and O–H groups in total. The van der Waals surface area contributed by atoms with E-state index in [4.69, 9.17) is 0 Å². The molecular weight excluding hydrogens is 270 g/mol. The molecule has 4 heteroatoms. The highest BCUT2D eigenvalue weighted by Gasteiger charge is 2.36. The van der Waals surface area contributed by atoms with E-state index in [1.165, 1.54) is 0 Å². The predicted octanol–water partition coefficient (Wildman–Crippen LogP) is 2.18. The molecule has 0 radical (unpaired) electrons. The lowest BCUT2D eigenvalue weighted by atomic mass is 9.89. The first-order valence-corrected chi connectivity index (χ1v) is 6.04. The summed E-state index contributed by atoms with van der Waals surface area (Å²) in [6.45, 7) is 1.44. The summed E-state index contributed by atoms with van der Waals surface area (Å²) in [4.78, 5) is 13.3. The fourth-order valence-electron chi connectivity index (χ4n) is 2.33. The van der Waals surface area contributed by atoms with Gasteiger partial charge in [-0.25, -0.2) is 0 Å². The van der Waals surface area contributed by atoms with Gasteiger partial charge in [0.05, 0.1) is 5.92 Å². The zero-order valence-electron chi connectivity index (χ0n) is 9.06. The quantitative estimate of drug-likeness (QED) is 0.905. The molecule has 1 aromatic carbocycles. The van der Waals surface area contributed by atoms with E-state index in [1.54, 1.807) is 0 Å². The molecule has 1 heterocycles. The largest absolute Gasteiger partial charge is 0.481 e. The van der Waals surface area contributed by atoms with Crippen molar-refractivity contribution < 1.29 is 9.90 Å². The third-order valence-corrected chi connectivity index (χ3v) is 3.59. The number of carboxylic acids is 1. The van der Waals surface area contributed by atoms with Crippen molar-refractivity contribution in [2.24, 2.45) is 5.92 Å². The Morgan fingerprint density at radius 1 is 1.50 bits per heavy atom. The van der Waals surface area contributed by atoms with Gasteiger partial charge in [0.25, 0.3) is 0 Å². The average Bonchev–Trinajstić information content (AvgIpc) is 2.60. The van der Waals surface area contributed by atoms with Gasteiger partial charge < -0.3 is 10.0 Å². The Hall–Kier alpha value is -0.870. The molecule has 2 atom stereocenters. The summed E-state index contributed by atoms with van der Waals surface area (Å²) in [6.07, 6.45) is 0. The van der Waals surface area contributed by atoms with E-state index >= 15 is 0 Å². The smallest absolute Gasteiger partial charge is 0.308 e. The Labute approximate surface area is 103 Å². The van der Waals surface area contributed by atoms with Gasteiger partial charge in [0.15, 0.2) is 0 Å². The molecular formula is C12H14BrNO2. The van der Waals surface area contributed by atoms with Gasteiger partial charge in [0, 0.05) is 23.5 Å². The van der Waals surface area contributed by atoms with Crippen LogP contribution in [-0.2, 0) is 4.79 Å². The molecule has 1 saturated heterocycles. The molecule has 86 valence electrons. The SMILES string of the molecule is CN1CC(C(=O)O)C(c2cccc(Br)c2)C1. The van der Waals surface area contributed by atoms with E-state index in [0.717, 1.165) is 16.6 Å². The topological polar surface area (TPSA) is 40.5 Å². The summed E-state index contributed by atoms with van der Waals surface area (Å²) in [7, 11) is 1.97. The number of halogens is 1. The van der Waals surface area contributed by atoms with Gasteiger partial charge in [-0.2, -0.15) is 0 Å². The van der Waals surface area contributed by atoms with Crippen LogP contribution >= 0.6 is 15.9 Å². The summed E-state index contributed by atoms with van der Waals surface area (Å²) in [6, 6.07) is 7.93. The van der Waals surface area contributed by atoms with E-state index in [9.17, 15) is 9.90 Å². The van der Waals surface area contributed by atoms with Crippen molar-refractivity contribution in [3.63, 3.8) is 0 Å². The molecule has 0 bridgehead atoms. The van der Waals surface area contributed by atoms with Gasteiger partial charge in [0.1, 0.15) is 0 Å². The number of nitrogens with zero attached hydrogens (tertiary/aromatic N) is 1. The fourth-order valence-corrected chi connectivity index (χ4v) is 2.74. The number of carboxylic acid groups (broad SMARTS) is 1. The molecule has 0 aromatic heterocycles. The van der Waals surface area contributed by atoms with Crippen LogP contribution in [0.15, 0.2) is 28.7 Å². The van der Waals surface area contributed by atoms with Gasteiger partial charge in [-0.15, -0.1) is 0 Å². The predicted molar refractivity (Wildman–Crippen MR) is 65.5 cm³/mol. The maximum Gasteiger partial charge on any atom is 0.308 e. The zero-order chi connectivity index (χ0) is 11.7. The number of rotatable bonds is 2. The highest BCUT2D eigenvalue weighted by atomic mass is 79.9. The second kappa shape index (κ2) is 4.55. The molecule has 1 aliphatic heterocycles. The van der Waals surface area contributed by atoms with Crippen molar-refractivity contribution in [2.75, 3.05) is 20.1 Å². The molecule has 1 aliphatic rings. The van der Waals surface area contributed by atoms with Crippen LogP contribution in [0.5, 0.6) is 0 Å². The summed E-state index contributed by atoms with van der Waals surface area (Å²) in [5.41, 5.74) is 1.10. The monoisotopic (exact) mass is 283 g/mol. The summed E-state index contributed by atoms with van der Waals surface area (Å²) in [5.74, 6) is -0.895. The minimum Gasteiger partial charge on any atom is -0.481 e. The fraction of sp³-hybridized carbons (Fsp3) is 0.417. The maximum absolute atomic E-state index is 11.2. The van der Waals surface area contributed by atoms with E-state index in [-0.39, 0.29) is 11.8 Å². The van der Waals surface area contributed by atoms with Crippen molar-refractivity contribution in [2.45, 2.75) is 5.92 Å². The van der Waals surface area contributed by atoms with Crippen molar-refractivity contribution in [1.82, 2.24) is 4.90 Å². The van der Waals surface area contributed by atoms with Crippen LogP contribution in [0.2, 0.25) is 0 Å². The number of likely N-dealkylation sites (N-methyl/N-ethyl adjacent to an activating group) is 1. The maximum atomic E-state index is 11.2. The zero-order valence-corrected chi connectivity index (χ0v) is 10.6. The molecule has 0 spiro atoms.